The Balaban J connectivity index is 4.78. The van der Waals surface area contributed by atoms with Gasteiger partial charge in [-0.3, -0.25) is 32.5 Å². The van der Waals surface area contributed by atoms with E-state index in [9.17, 15) is 43.5 Å². The van der Waals surface area contributed by atoms with Crippen LogP contribution in [0.2, 0.25) is 0 Å². The van der Waals surface area contributed by atoms with Crippen molar-refractivity contribution in [3.05, 3.63) is 122 Å². The van der Waals surface area contributed by atoms with E-state index in [0.29, 0.717) is 25.7 Å². The van der Waals surface area contributed by atoms with E-state index in [-0.39, 0.29) is 19.3 Å². The number of unbranched alkanes of at least 4 members (excludes halogenated alkanes) is 16. The summed E-state index contributed by atoms with van der Waals surface area (Å²) in [6, 6.07) is 0. The van der Waals surface area contributed by atoms with E-state index in [0.717, 1.165) is 141 Å². The summed E-state index contributed by atoms with van der Waals surface area (Å²) in [7, 11) is -9.80. The van der Waals surface area contributed by atoms with E-state index < -0.39 is 91.5 Å². The number of allylic oxidation sites excluding steroid dienone is 20. The van der Waals surface area contributed by atoms with Crippen molar-refractivity contribution in [1.29, 1.82) is 0 Å². The van der Waals surface area contributed by atoms with Crippen molar-refractivity contribution in [3.8, 4) is 0 Å². The van der Waals surface area contributed by atoms with Gasteiger partial charge < -0.3 is 34.2 Å². The standard InChI is InChI=1S/C67H112O16P2/c1-4-7-10-13-16-19-22-25-28-30-33-35-38-41-44-47-50-53-65(70)77-56-62(68)57-79-84(73,74)80-58-63(69)59-81-85(75,76)82-61-64(83-67(72)55-52-49-46-43-40-37-32-27-24-21-18-15-12-9-6-3)60-78-66(71)54-51-48-45-42-39-36-34-31-29-26-23-20-17-14-11-8-5-2/h7-8,10-11,16-21,25-29,32-33,35,41,44,62-64,68-69H,4-6,9,12-15,22-24,30-31,34,36-40,42-43,45-61H2,1-3H3,(H,73,74)(H,75,76)/b10-7-,11-8-,19-16-,20-17-,21-18-,28-25-,29-26-,32-27-,35-33-,44-41-. The van der Waals surface area contributed by atoms with Crippen molar-refractivity contribution in [2.75, 3.05) is 39.6 Å². The highest BCUT2D eigenvalue weighted by atomic mass is 31.2. The first-order valence-electron chi connectivity index (χ1n) is 31.8. The van der Waals surface area contributed by atoms with Crippen LogP contribution in [0.3, 0.4) is 0 Å². The second kappa shape index (κ2) is 60.2. The monoisotopic (exact) mass is 1230 g/mol. The molecule has 486 valence electrons. The predicted molar refractivity (Wildman–Crippen MR) is 343 cm³/mol. The predicted octanol–water partition coefficient (Wildman–Crippen LogP) is 17.1. The maximum Gasteiger partial charge on any atom is 0.472 e. The Bertz CT molecular complexity index is 2040. The number of aliphatic hydroxyl groups is 2. The molecule has 0 aromatic carbocycles. The van der Waals surface area contributed by atoms with Crippen LogP contribution in [-0.2, 0) is 55.8 Å². The summed E-state index contributed by atoms with van der Waals surface area (Å²) in [5.41, 5.74) is 0. The summed E-state index contributed by atoms with van der Waals surface area (Å²) >= 11 is 0. The molecule has 85 heavy (non-hydrogen) atoms. The van der Waals surface area contributed by atoms with Crippen LogP contribution in [0.15, 0.2) is 122 Å². The smallest absolute Gasteiger partial charge is 0.463 e. The number of hydrogen-bond acceptors (Lipinski definition) is 14. The fraction of sp³-hybridized carbons (Fsp3) is 0.657. The normalized spacial score (nSPS) is 15.1. The zero-order valence-corrected chi connectivity index (χ0v) is 54.0. The highest BCUT2D eigenvalue weighted by molar-refractivity contribution is 7.47. The maximum absolute atomic E-state index is 12.9. The zero-order chi connectivity index (χ0) is 62.4. The minimum Gasteiger partial charge on any atom is -0.463 e. The largest absolute Gasteiger partial charge is 0.472 e. The van der Waals surface area contributed by atoms with Crippen molar-refractivity contribution in [2.45, 2.75) is 245 Å². The zero-order valence-electron chi connectivity index (χ0n) is 52.2. The van der Waals surface area contributed by atoms with E-state index in [1.807, 2.05) is 12.2 Å². The highest BCUT2D eigenvalue weighted by Gasteiger charge is 2.29. The molecule has 18 heteroatoms. The molecule has 0 aliphatic heterocycles. The third kappa shape index (κ3) is 61.4. The van der Waals surface area contributed by atoms with Crippen LogP contribution in [0.1, 0.15) is 226 Å². The number of hydrogen-bond donors (Lipinski definition) is 4. The molecule has 0 rings (SSSR count). The van der Waals surface area contributed by atoms with Crippen LogP contribution in [-0.4, -0.2) is 95.9 Å². The van der Waals surface area contributed by atoms with Crippen molar-refractivity contribution in [3.63, 3.8) is 0 Å². The lowest BCUT2D eigenvalue weighted by Gasteiger charge is -2.21. The van der Waals surface area contributed by atoms with Crippen molar-refractivity contribution in [1.82, 2.24) is 0 Å². The van der Waals surface area contributed by atoms with Gasteiger partial charge in [-0.15, -0.1) is 0 Å². The number of carbonyl (C=O) groups is 3. The van der Waals surface area contributed by atoms with Crippen LogP contribution in [0.5, 0.6) is 0 Å². The number of esters is 3. The minimum atomic E-state index is -4.93. The van der Waals surface area contributed by atoms with Gasteiger partial charge in [0.2, 0.25) is 0 Å². The van der Waals surface area contributed by atoms with Crippen LogP contribution in [0, 0.1) is 0 Å². The molecule has 16 nitrogen and oxygen atoms in total. The molecule has 0 aliphatic rings. The minimum absolute atomic E-state index is 0.0818. The lowest BCUT2D eigenvalue weighted by atomic mass is 10.1. The summed E-state index contributed by atoms with van der Waals surface area (Å²) in [6.45, 7) is 2.29. The lowest BCUT2D eigenvalue weighted by molar-refractivity contribution is -0.161. The van der Waals surface area contributed by atoms with Gasteiger partial charge in [-0.25, -0.2) is 9.13 Å². The molecule has 5 unspecified atom stereocenters. The second-order valence-electron chi connectivity index (χ2n) is 20.8. The van der Waals surface area contributed by atoms with Crippen molar-refractivity contribution in [2.24, 2.45) is 0 Å². The molecule has 0 aliphatic carbocycles. The van der Waals surface area contributed by atoms with Crippen LogP contribution in [0.4, 0.5) is 0 Å². The average Bonchev–Trinajstić information content (AvgIpc) is 3.48. The maximum atomic E-state index is 12.9. The van der Waals surface area contributed by atoms with Gasteiger partial charge in [0, 0.05) is 19.3 Å². The number of aliphatic hydroxyl groups excluding tert-OH is 2. The molecule has 0 bridgehead atoms. The number of ether oxygens (including phenoxy) is 3. The van der Waals surface area contributed by atoms with Crippen LogP contribution in [0.25, 0.3) is 0 Å². The fourth-order valence-electron chi connectivity index (χ4n) is 7.82. The summed E-state index contributed by atoms with van der Waals surface area (Å²) in [6.07, 6.45) is 66.9. The van der Waals surface area contributed by atoms with Crippen molar-refractivity contribution < 1.29 is 75.8 Å². The average molecular weight is 1240 g/mol. The van der Waals surface area contributed by atoms with E-state index in [1.54, 1.807) is 0 Å². The Morgan fingerprint density at radius 2 is 0.635 bits per heavy atom. The Labute approximate surface area is 512 Å². The van der Waals surface area contributed by atoms with Crippen molar-refractivity contribution >= 4 is 33.6 Å². The molecule has 0 spiro atoms. The number of phosphoric ester groups is 2. The fourth-order valence-corrected chi connectivity index (χ4v) is 9.41. The summed E-state index contributed by atoms with van der Waals surface area (Å²) in [5.74, 6) is -1.67. The van der Waals surface area contributed by atoms with E-state index in [1.165, 1.54) is 19.3 Å². The first-order chi connectivity index (χ1) is 41.2. The molecule has 0 fully saturated rings. The first-order valence-corrected chi connectivity index (χ1v) is 34.8. The first kappa shape index (κ1) is 81.0. The molecule has 0 amide bonds. The van der Waals surface area contributed by atoms with E-state index in [4.69, 9.17) is 32.3 Å². The SMILES string of the molecule is CC/C=C\C/C=C\C/C=C\C/C=C\C/C=C\CCCC(=O)OCC(O)COP(=O)(O)OCC(O)COP(=O)(O)OCC(COC(=O)CCCCCCCCC/C=C\C/C=C\C/C=C\CC)OC(=O)CCCCCCC/C=C\C/C=C\CCCCC. The number of carbonyl (C=O) groups excluding carboxylic acids is 3. The van der Waals surface area contributed by atoms with Gasteiger partial charge in [-0.1, -0.05) is 206 Å². The molecule has 0 radical (unpaired) electrons. The molecule has 0 saturated carbocycles. The molecule has 5 atom stereocenters. The Kier molecular flexibility index (Phi) is 57.4. The molecule has 0 saturated heterocycles. The third-order valence-electron chi connectivity index (χ3n) is 12.7. The third-order valence-corrected chi connectivity index (χ3v) is 14.6. The Hall–Kier alpha value is -4.05. The molecule has 4 N–H and O–H groups in total. The summed E-state index contributed by atoms with van der Waals surface area (Å²) in [5, 5.41) is 20.5. The Morgan fingerprint density at radius 1 is 0.341 bits per heavy atom. The molecular formula is C67H112O16P2. The van der Waals surface area contributed by atoms with Gasteiger partial charge >= 0.3 is 33.6 Å². The van der Waals surface area contributed by atoms with Gasteiger partial charge in [0.1, 0.15) is 25.4 Å². The lowest BCUT2D eigenvalue weighted by Crippen LogP contribution is -2.30. The second-order valence-corrected chi connectivity index (χ2v) is 23.7. The van der Waals surface area contributed by atoms with Gasteiger partial charge in [0.25, 0.3) is 0 Å². The van der Waals surface area contributed by atoms with Gasteiger partial charge in [-0.2, -0.15) is 0 Å². The molecule has 0 heterocycles. The van der Waals surface area contributed by atoms with E-state index >= 15 is 0 Å². The van der Waals surface area contributed by atoms with Crippen LogP contribution < -0.4 is 0 Å². The molecular weight excluding hydrogens is 1120 g/mol. The topological polar surface area (TPSA) is 231 Å². The van der Waals surface area contributed by atoms with Crippen LogP contribution >= 0.6 is 15.6 Å². The molecule has 0 aromatic rings. The van der Waals surface area contributed by atoms with E-state index in [2.05, 4.69) is 130 Å². The Morgan fingerprint density at radius 3 is 1.04 bits per heavy atom. The number of phosphoric acid groups is 2. The summed E-state index contributed by atoms with van der Waals surface area (Å²) < 4.78 is 60.7. The van der Waals surface area contributed by atoms with Gasteiger partial charge in [-0.05, 0) is 122 Å². The number of rotatable bonds is 59. The highest BCUT2D eigenvalue weighted by Crippen LogP contribution is 2.45. The van der Waals surface area contributed by atoms with Gasteiger partial charge in [0.15, 0.2) is 6.10 Å². The van der Waals surface area contributed by atoms with Gasteiger partial charge in [0.05, 0.1) is 26.4 Å². The molecule has 0 aromatic heterocycles. The summed E-state index contributed by atoms with van der Waals surface area (Å²) in [4.78, 5) is 58.2. The quantitative estimate of drug-likeness (QED) is 0.0146.